The lowest BCUT2D eigenvalue weighted by Gasteiger charge is -2.21. The Bertz CT molecular complexity index is 407. The van der Waals surface area contributed by atoms with E-state index in [0.29, 0.717) is 17.9 Å². The number of aryl methyl sites for hydroxylation is 2. The molecular formula is C11H16F2N2O3. The molecule has 1 aromatic heterocycles. The minimum absolute atomic E-state index is 0.142. The van der Waals surface area contributed by atoms with Gasteiger partial charge in [-0.1, -0.05) is 12.1 Å². The van der Waals surface area contributed by atoms with E-state index in [2.05, 4.69) is 5.16 Å². The van der Waals surface area contributed by atoms with Crippen LogP contribution in [-0.2, 0) is 6.42 Å². The maximum absolute atomic E-state index is 12.4. The van der Waals surface area contributed by atoms with Crippen LogP contribution in [0.4, 0.5) is 8.78 Å². The highest BCUT2D eigenvalue weighted by atomic mass is 19.3. The Morgan fingerprint density at radius 1 is 1.56 bits per heavy atom. The SMILES string of the molecule is CCc1noc(C)c1C(=O)N(CCO)CC(F)F. The Balaban J connectivity index is 2.97. The van der Waals surface area contributed by atoms with Crippen LogP contribution >= 0.6 is 0 Å². The number of rotatable bonds is 6. The van der Waals surface area contributed by atoms with Gasteiger partial charge in [-0.2, -0.15) is 0 Å². The van der Waals surface area contributed by atoms with Crippen LogP contribution in [-0.4, -0.2) is 47.2 Å². The highest BCUT2D eigenvalue weighted by molar-refractivity contribution is 5.96. The van der Waals surface area contributed by atoms with Crippen molar-refractivity contribution in [1.29, 1.82) is 0 Å². The van der Waals surface area contributed by atoms with Gasteiger partial charge in [0.1, 0.15) is 11.3 Å². The van der Waals surface area contributed by atoms with Crippen LogP contribution in [0.25, 0.3) is 0 Å². The summed E-state index contributed by atoms with van der Waals surface area (Å²) in [5.74, 6) is -0.283. The average molecular weight is 262 g/mol. The molecule has 0 spiro atoms. The molecule has 0 bridgehead atoms. The third-order valence-electron chi connectivity index (χ3n) is 2.50. The Morgan fingerprint density at radius 2 is 2.22 bits per heavy atom. The van der Waals surface area contributed by atoms with E-state index in [9.17, 15) is 13.6 Å². The molecule has 0 saturated heterocycles. The van der Waals surface area contributed by atoms with E-state index in [1.54, 1.807) is 13.8 Å². The second-order valence-corrected chi connectivity index (χ2v) is 3.78. The number of halogens is 2. The van der Waals surface area contributed by atoms with Gasteiger partial charge in [0.15, 0.2) is 0 Å². The van der Waals surface area contributed by atoms with Crippen LogP contribution in [0.2, 0.25) is 0 Å². The van der Waals surface area contributed by atoms with Gasteiger partial charge in [-0.25, -0.2) is 8.78 Å². The normalized spacial score (nSPS) is 11.0. The maximum Gasteiger partial charge on any atom is 0.259 e. The standard InChI is InChI=1S/C11H16F2N2O3/c1-3-8-10(7(2)18-14-8)11(17)15(4-5-16)6-9(12)13/h9,16H,3-6H2,1-2H3. The summed E-state index contributed by atoms with van der Waals surface area (Å²) in [5, 5.41) is 12.5. The van der Waals surface area contributed by atoms with Crippen molar-refractivity contribution in [2.75, 3.05) is 19.7 Å². The number of amides is 1. The Morgan fingerprint density at radius 3 is 2.72 bits per heavy atom. The second kappa shape index (κ2) is 6.44. The van der Waals surface area contributed by atoms with E-state index < -0.39 is 18.9 Å². The molecule has 18 heavy (non-hydrogen) atoms. The summed E-state index contributed by atoms with van der Waals surface area (Å²) in [4.78, 5) is 13.0. The number of hydrogen-bond acceptors (Lipinski definition) is 4. The molecule has 5 nitrogen and oxygen atoms in total. The number of aliphatic hydroxyl groups excluding tert-OH is 1. The van der Waals surface area contributed by atoms with E-state index in [-0.39, 0.29) is 18.7 Å². The van der Waals surface area contributed by atoms with Gasteiger partial charge in [0.05, 0.1) is 18.8 Å². The van der Waals surface area contributed by atoms with Crippen LogP contribution in [0.5, 0.6) is 0 Å². The van der Waals surface area contributed by atoms with Crippen LogP contribution in [0.1, 0.15) is 28.7 Å². The number of hydrogen-bond donors (Lipinski definition) is 1. The molecule has 1 N–H and O–H groups in total. The molecule has 0 aromatic carbocycles. The molecule has 1 aromatic rings. The molecule has 1 amide bonds. The number of aliphatic hydroxyl groups is 1. The van der Waals surface area contributed by atoms with Crippen molar-refractivity contribution in [3.63, 3.8) is 0 Å². The third-order valence-corrected chi connectivity index (χ3v) is 2.50. The van der Waals surface area contributed by atoms with Crippen LogP contribution in [0, 0.1) is 6.92 Å². The van der Waals surface area contributed by atoms with Crippen molar-refractivity contribution in [3.8, 4) is 0 Å². The first kappa shape index (κ1) is 14.6. The smallest absolute Gasteiger partial charge is 0.259 e. The van der Waals surface area contributed by atoms with Gasteiger partial charge >= 0.3 is 0 Å². The maximum atomic E-state index is 12.4. The predicted octanol–water partition coefficient (Wildman–Crippen LogP) is 1.25. The molecule has 7 heteroatoms. The number of nitrogens with zero attached hydrogens (tertiary/aromatic N) is 2. The van der Waals surface area contributed by atoms with Crippen molar-refractivity contribution in [3.05, 3.63) is 17.0 Å². The van der Waals surface area contributed by atoms with Crippen LogP contribution in [0.15, 0.2) is 4.52 Å². The summed E-state index contributed by atoms with van der Waals surface area (Å²) in [6.45, 7) is 2.12. The molecule has 0 aliphatic rings. The van der Waals surface area contributed by atoms with Crippen LogP contribution in [0.3, 0.4) is 0 Å². The highest BCUT2D eigenvalue weighted by Gasteiger charge is 2.25. The van der Waals surface area contributed by atoms with E-state index >= 15 is 0 Å². The number of carbonyl (C=O) groups excluding carboxylic acids is 1. The fourth-order valence-electron chi connectivity index (χ4n) is 1.65. The van der Waals surface area contributed by atoms with Crippen molar-refractivity contribution < 1.29 is 23.2 Å². The molecule has 102 valence electrons. The lowest BCUT2D eigenvalue weighted by Crippen LogP contribution is -2.37. The zero-order valence-corrected chi connectivity index (χ0v) is 10.3. The van der Waals surface area contributed by atoms with Crippen LogP contribution < -0.4 is 0 Å². The van der Waals surface area contributed by atoms with Crippen molar-refractivity contribution in [2.45, 2.75) is 26.7 Å². The minimum atomic E-state index is -2.65. The van der Waals surface area contributed by atoms with E-state index in [0.717, 1.165) is 4.90 Å². The van der Waals surface area contributed by atoms with E-state index in [1.807, 2.05) is 0 Å². The van der Waals surface area contributed by atoms with Gasteiger partial charge in [0.2, 0.25) is 0 Å². The van der Waals surface area contributed by atoms with Gasteiger partial charge in [-0.15, -0.1) is 0 Å². The zero-order chi connectivity index (χ0) is 13.7. The molecule has 0 unspecified atom stereocenters. The van der Waals surface area contributed by atoms with Gasteiger partial charge < -0.3 is 14.5 Å². The Kier molecular flexibility index (Phi) is 5.21. The largest absolute Gasteiger partial charge is 0.395 e. The molecule has 0 aliphatic heterocycles. The summed E-state index contributed by atoms with van der Waals surface area (Å²) in [7, 11) is 0. The Labute approximate surface area is 103 Å². The van der Waals surface area contributed by atoms with Crippen molar-refractivity contribution in [2.24, 2.45) is 0 Å². The molecule has 0 aliphatic carbocycles. The first-order chi connectivity index (χ1) is 8.51. The quantitative estimate of drug-likeness (QED) is 0.837. The lowest BCUT2D eigenvalue weighted by atomic mass is 10.1. The predicted molar refractivity (Wildman–Crippen MR) is 59.6 cm³/mol. The topological polar surface area (TPSA) is 66.6 Å². The van der Waals surface area contributed by atoms with Gasteiger partial charge in [-0.3, -0.25) is 4.79 Å². The first-order valence-electron chi connectivity index (χ1n) is 5.64. The van der Waals surface area contributed by atoms with E-state index in [4.69, 9.17) is 9.63 Å². The first-order valence-corrected chi connectivity index (χ1v) is 5.64. The summed E-state index contributed by atoms with van der Waals surface area (Å²) >= 11 is 0. The fourth-order valence-corrected chi connectivity index (χ4v) is 1.65. The monoisotopic (exact) mass is 262 g/mol. The molecule has 0 saturated carbocycles. The summed E-state index contributed by atoms with van der Waals surface area (Å²) < 4.78 is 29.7. The van der Waals surface area contributed by atoms with Gasteiger partial charge in [-0.05, 0) is 13.3 Å². The number of carbonyl (C=O) groups is 1. The summed E-state index contributed by atoms with van der Waals surface area (Å²) in [6, 6.07) is 0. The van der Waals surface area contributed by atoms with Gasteiger partial charge in [0, 0.05) is 6.54 Å². The molecule has 0 radical (unpaired) electrons. The lowest BCUT2D eigenvalue weighted by molar-refractivity contribution is 0.0507. The number of alkyl halides is 2. The van der Waals surface area contributed by atoms with Crippen molar-refractivity contribution in [1.82, 2.24) is 10.1 Å². The molecular weight excluding hydrogens is 246 g/mol. The molecule has 1 rings (SSSR count). The minimum Gasteiger partial charge on any atom is -0.395 e. The molecule has 1 heterocycles. The fraction of sp³-hybridized carbons (Fsp3) is 0.636. The van der Waals surface area contributed by atoms with E-state index in [1.165, 1.54) is 0 Å². The molecule has 0 fully saturated rings. The summed E-state index contributed by atoms with van der Waals surface area (Å²) in [5.41, 5.74) is 0.654. The second-order valence-electron chi connectivity index (χ2n) is 3.78. The summed E-state index contributed by atoms with van der Waals surface area (Å²) in [6.07, 6.45) is -2.18. The average Bonchev–Trinajstić information content (AvgIpc) is 2.68. The number of aromatic nitrogens is 1. The zero-order valence-electron chi connectivity index (χ0n) is 10.3. The molecule has 0 atom stereocenters. The Hall–Kier alpha value is -1.50. The van der Waals surface area contributed by atoms with Gasteiger partial charge in [0.25, 0.3) is 12.3 Å². The van der Waals surface area contributed by atoms with Crippen molar-refractivity contribution >= 4 is 5.91 Å². The third kappa shape index (κ3) is 3.25. The highest BCUT2D eigenvalue weighted by Crippen LogP contribution is 2.17.